The van der Waals surface area contributed by atoms with E-state index in [4.69, 9.17) is 18.8 Å². The molecule has 25 heavy (non-hydrogen) atoms. The van der Waals surface area contributed by atoms with Crippen molar-refractivity contribution in [1.29, 1.82) is 0 Å². The molecule has 0 aliphatic carbocycles. The zero-order chi connectivity index (χ0) is 18.3. The van der Waals surface area contributed by atoms with Gasteiger partial charge < -0.3 is 0 Å². The van der Waals surface area contributed by atoms with E-state index >= 15 is 0 Å². The van der Waals surface area contributed by atoms with Crippen LogP contribution >= 0.6 is 18.8 Å². The average molecular weight is 566 g/mol. The van der Waals surface area contributed by atoms with Crippen molar-refractivity contribution in [2.45, 2.75) is 6.18 Å². The van der Waals surface area contributed by atoms with E-state index in [1.807, 2.05) is 30.3 Å². The van der Waals surface area contributed by atoms with E-state index in [1.54, 1.807) is 12.3 Å². The number of rotatable bonds is 2. The number of hydrogen-bond donors (Lipinski definition) is 0. The number of nitrogens with zero attached hydrogens (tertiary/aromatic N) is 2. The third kappa shape index (κ3) is 5.81. The predicted molar refractivity (Wildman–Crippen MR) is 89.6 cm³/mol. The van der Waals surface area contributed by atoms with Gasteiger partial charge >= 0.3 is 41.5 Å². The van der Waals surface area contributed by atoms with E-state index in [0.717, 1.165) is 17.8 Å². The topological polar surface area (TPSA) is 25.8 Å². The summed E-state index contributed by atoms with van der Waals surface area (Å²) < 4.78 is 37.8. The molecule has 0 amide bonds. The molecule has 2 heterocycles. The zero-order valence-electron chi connectivity index (χ0n) is 12.5. The fourth-order valence-corrected chi connectivity index (χ4v) is 2.08. The fourth-order valence-electron chi connectivity index (χ4n) is 2.08. The Bertz CT molecular complexity index is 797. The van der Waals surface area contributed by atoms with Gasteiger partial charge in [-0.25, -0.2) is 4.98 Å². The number of pyridine rings is 2. The van der Waals surface area contributed by atoms with Gasteiger partial charge in [-0.15, -0.1) is 0 Å². The van der Waals surface area contributed by atoms with Crippen LogP contribution in [-0.2, 0) is 22.7 Å². The Kier molecular flexibility index (Phi) is 7.42. The van der Waals surface area contributed by atoms with Gasteiger partial charge in [0.05, 0.1) is 22.6 Å². The number of halogens is 5. The summed E-state index contributed by atoms with van der Waals surface area (Å²) in [5.74, 6) is 0. The van der Waals surface area contributed by atoms with Crippen LogP contribution < -0.4 is 0 Å². The number of aromatic nitrogens is 2. The normalized spacial score (nSPS) is 10.9. The molecule has 0 fully saturated rings. The third-order valence-corrected chi connectivity index (χ3v) is 3.18. The van der Waals surface area contributed by atoms with Gasteiger partial charge in [0.25, 0.3) is 0 Å². The van der Waals surface area contributed by atoms with Crippen LogP contribution in [0.25, 0.3) is 22.6 Å². The van der Waals surface area contributed by atoms with Gasteiger partial charge in [0.15, 0.2) is 0 Å². The molecule has 0 saturated heterocycles. The summed E-state index contributed by atoms with van der Waals surface area (Å²) in [6.07, 6.45) is -2.66. The minimum absolute atomic E-state index is 0.472. The quantitative estimate of drug-likeness (QED) is 0.369. The Morgan fingerprint density at radius 2 is 1.36 bits per heavy atom. The van der Waals surface area contributed by atoms with Crippen molar-refractivity contribution in [2.75, 3.05) is 0 Å². The number of alkyl halides is 3. The van der Waals surface area contributed by atoms with Gasteiger partial charge in [-0.2, -0.15) is 13.2 Å². The second-order valence-electron chi connectivity index (χ2n) is 4.74. The molecule has 0 saturated carbocycles. The maximum absolute atomic E-state index is 12.6. The van der Waals surface area contributed by atoms with E-state index in [0.29, 0.717) is 17.0 Å². The first kappa shape index (κ1) is 19.9. The van der Waals surface area contributed by atoms with Crippen molar-refractivity contribution in [3.8, 4) is 22.6 Å². The number of benzene rings is 1. The number of hydrogen-bond acceptors (Lipinski definition) is 2. The molecule has 2 aromatic heterocycles. The van der Waals surface area contributed by atoms with Crippen LogP contribution in [0.3, 0.4) is 0 Å². The Morgan fingerprint density at radius 1 is 0.760 bits per heavy atom. The summed E-state index contributed by atoms with van der Waals surface area (Å²) in [6.45, 7) is 0. The van der Waals surface area contributed by atoms with E-state index in [2.05, 4.69) is 9.97 Å². The Labute approximate surface area is 159 Å². The first-order valence-corrected chi connectivity index (χ1v) is 12.5. The summed E-state index contributed by atoms with van der Waals surface area (Å²) in [7, 11) is 9.75. The molecule has 2 nitrogen and oxygen atoms in total. The van der Waals surface area contributed by atoms with Gasteiger partial charge in [-0.3, -0.25) is 4.98 Å². The summed E-state index contributed by atoms with van der Waals surface area (Å²) in [5.41, 5.74) is 1.97. The van der Waals surface area contributed by atoms with Gasteiger partial charge in [0, 0.05) is 11.8 Å². The van der Waals surface area contributed by atoms with Crippen molar-refractivity contribution < 1.29 is 29.7 Å². The van der Waals surface area contributed by atoms with Crippen molar-refractivity contribution in [2.24, 2.45) is 0 Å². The van der Waals surface area contributed by atoms with Crippen LogP contribution in [0.2, 0.25) is 0 Å². The second kappa shape index (κ2) is 9.32. The van der Waals surface area contributed by atoms with Crippen LogP contribution in [0.5, 0.6) is 0 Å². The fraction of sp³-hybridized carbons (Fsp3) is 0.0588. The van der Waals surface area contributed by atoms with Crippen LogP contribution in [-0.4, -0.2) is 9.97 Å². The molecular formula is C17H11Cl2F3N2Pt. The molecule has 3 rings (SSSR count). The summed E-state index contributed by atoms with van der Waals surface area (Å²) in [5, 5.41) is 0. The monoisotopic (exact) mass is 565 g/mol. The molecule has 0 atom stereocenters. The molecule has 1 aromatic carbocycles. The third-order valence-electron chi connectivity index (χ3n) is 3.18. The SMILES string of the molecule is FC(F)(F)c1ccc(-c2cccc(-c3ccccn3)n2)cc1.[Cl][Pt][Cl]. The Balaban J connectivity index is 0.000000701. The molecule has 0 aliphatic rings. The maximum atomic E-state index is 12.6. The molecule has 8 heteroatoms. The molecule has 0 bridgehead atoms. The molecule has 3 aromatic rings. The van der Waals surface area contributed by atoms with Crippen LogP contribution in [0.15, 0.2) is 66.9 Å². The average Bonchev–Trinajstić information content (AvgIpc) is 2.63. The van der Waals surface area contributed by atoms with Gasteiger partial charge in [-0.05, 0) is 36.4 Å². The standard InChI is InChI=1S/C17H11F3N2.2ClH.Pt/c18-17(19,20)13-9-7-12(8-10-13)14-5-3-6-16(22-14)15-4-1-2-11-21-15;;;/h1-11H;2*1H;/q;;;+2/p-2. The van der Waals surface area contributed by atoms with Crippen molar-refractivity contribution in [3.63, 3.8) is 0 Å². The van der Waals surface area contributed by atoms with Crippen LogP contribution in [0, 0.1) is 0 Å². The summed E-state index contributed by atoms with van der Waals surface area (Å²) in [6, 6.07) is 15.8. The molecule has 0 N–H and O–H groups in total. The van der Waals surface area contributed by atoms with Crippen molar-refractivity contribution >= 4 is 18.8 Å². The molecule has 0 radical (unpaired) electrons. The van der Waals surface area contributed by atoms with E-state index < -0.39 is 28.2 Å². The van der Waals surface area contributed by atoms with Crippen LogP contribution in [0.4, 0.5) is 13.2 Å². The summed E-state index contributed by atoms with van der Waals surface area (Å²) >= 11 is -0.472. The van der Waals surface area contributed by atoms with E-state index in [1.165, 1.54) is 12.1 Å². The molecule has 134 valence electrons. The minimum atomic E-state index is -4.33. The van der Waals surface area contributed by atoms with E-state index in [-0.39, 0.29) is 0 Å². The molecular weight excluding hydrogens is 555 g/mol. The first-order valence-electron chi connectivity index (χ1n) is 6.84. The molecule has 0 spiro atoms. The zero-order valence-corrected chi connectivity index (χ0v) is 16.2. The molecule has 0 unspecified atom stereocenters. The molecule has 0 aliphatic heterocycles. The van der Waals surface area contributed by atoms with Gasteiger partial charge in [0.1, 0.15) is 0 Å². The first-order chi connectivity index (χ1) is 12.0. The van der Waals surface area contributed by atoms with Crippen molar-refractivity contribution in [1.82, 2.24) is 9.97 Å². The summed E-state index contributed by atoms with van der Waals surface area (Å²) in [4.78, 5) is 8.68. The Hall–Kier alpha value is -1.42. The predicted octanol–water partition coefficient (Wildman–Crippen LogP) is 6.21. The van der Waals surface area contributed by atoms with Gasteiger partial charge in [-0.1, -0.05) is 24.3 Å². The van der Waals surface area contributed by atoms with Gasteiger partial charge in [0.2, 0.25) is 0 Å². The van der Waals surface area contributed by atoms with Crippen LogP contribution in [0.1, 0.15) is 5.56 Å². The Morgan fingerprint density at radius 3 is 1.92 bits per heavy atom. The van der Waals surface area contributed by atoms with Crippen molar-refractivity contribution in [3.05, 3.63) is 72.4 Å². The van der Waals surface area contributed by atoms with E-state index in [9.17, 15) is 13.2 Å². The second-order valence-corrected chi connectivity index (χ2v) is 8.03.